The van der Waals surface area contributed by atoms with E-state index in [1.807, 2.05) is 0 Å². The van der Waals surface area contributed by atoms with E-state index < -0.39 is 6.09 Å². The monoisotopic (exact) mass is 195 g/mol. The lowest BCUT2D eigenvalue weighted by Gasteiger charge is -1.98. The summed E-state index contributed by atoms with van der Waals surface area (Å²) in [4.78, 5) is 9.94. The minimum Gasteiger partial charge on any atom is -0.464 e. The van der Waals surface area contributed by atoms with Gasteiger partial charge in [0.15, 0.2) is 0 Å². The Hall–Kier alpha value is -0.0300. The zero-order valence-corrected chi connectivity index (χ0v) is 7.96. The van der Waals surface area contributed by atoms with Crippen LogP contribution in [0.4, 0.5) is 4.79 Å². The normalized spacial score (nSPS) is 9.55. The summed E-state index contributed by atoms with van der Waals surface area (Å²) in [6, 6.07) is 0. The van der Waals surface area contributed by atoms with E-state index in [0.29, 0.717) is 0 Å². The quantitative estimate of drug-likeness (QED) is 0.345. The molecule has 0 spiro atoms. The van der Waals surface area contributed by atoms with Gasteiger partial charge in [-0.15, -0.1) is 0 Å². The molecule has 0 bridgehead atoms. The molecule has 0 saturated heterocycles. The third kappa shape index (κ3) is 9.97. The third-order valence-corrected chi connectivity index (χ3v) is 2.19. The van der Waals surface area contributed by atoms with Gasteiger partial charge in [0, 0.05) is 5.75 Å². The molecule has 0 aliphatic rings. The van der Waals surface area contributed by atoms with E-state index in [0.717, 1.165) is 30.8 Å². The predicted octanol–water partition coefficient (Wildman–Crippen LogP) is 2.00. The van der Waals surface area contributed by atoms with E-state index in [4.69, 9.17) is 5.11 Å². The Bertz CT molecular complexity index is 111. The summed E-state index contributed by atoms with van der Waals surface area (Å²) in [5, 5.41) is 8.17. The van der Waals surface area contributed by atoms with Gasteiger partial charge in [-0.1, -0.05) is 6.42 Å². The number of rotatable bonds is 6. The van der Waals surface area contributed by atoms with Crippen molar-refractivity contribution in [1.82, 2.24) is 4.72 Å². The van der Waals surface area contributed by atoms with Crippen molar-refractivity contribution in [2.75, 3.05) is 11.5 Å². The lowest BCUT2D eigenvalue weighted by Crippen LogP contribution is -2.12. The van der Waals surface area contributed by atoms with E-state index in [1.165, 1.54) is 11.9 Å². The summed E-state index contributed by atoms with van der Waals surface area (Å²) in [6.45, 7) is 0. The lowest BCUT2D eigenvalue weighted by molar-refractivity contribution is 0.202. The van der Waals surface area contributed by atoms with Gasteiger partial charge >= 0.3 is 6.09 Å². The molecule has 0 radical (unpaired) electrons. The highest BCUT2D eigenvalue weighted by molar-refractivity contribution is 7.97. The van der Waals surface area contributed by atoms with Crippen molar-refractivity contribution in [2.24, 2.45) is 0 Å². The molecule has 66 valence electrons. The fraction of sp³-hybridized carbons (Fsp3) is 0.833. The number of carbonyl (C=O) groups is 1. The number of nitrogens with one attached hydrogen (secondary N) is 1. The van der Waals surface area contributed by atoms with Gasteiger partial charge in [-0.05, 0) is 30.5 Å². The highest BCUT2D eigenvalue weighted by atomic mass is 32.2. The molecular weight excluding hydrogens is 182 g/mol. The first-order valence-corrected chi connectivity index (χ1v) is 5.10. The van der Waals surface area contributed by atoms with Gasteiger partial charge in [-0.3, -0.25) is 4.72 Å². The largest absolute Gasteiger partial charge is 0.464 e. The van der Waals surface area contributed by atoms with Crippen LogP contribution in [0.3, 0.4) is 0 Å². The van der Waals surface area contributed by atoms with Gasteiger partial charge in [0.05, 0.1) is 0 Å². The fourth-order valence-corrected chi connectivity index (χ4v) is 1.37. The molecule has 0 aromatic rings. The zero-order chi connectivity index (χ0) is 8.53. The summed E-state index contributed by atoms with van der Waals surface area (Å²) in [6.07, 6.45) is 2.31. The van der Waals surface area contributed by atoms with Gasteiger partial charge in [0.25, 0.3) is 0 Å². The van der Waals surface area contributed by atoms with Crippen LogP contribution in [-0.2, 0) is 0 Å². The van der Waals surface area contributed by atoms with E-state index in [1.54, 1.807) is 0 Å². The lowest BCUT2D eigenvalue weighted by atomic mass is 10.3. The minimum absolute atomic E-state index is 0.847. The maximum Gasteiger partial charge on any atom is 0.414 e. The highest BCUT2D eigenvalue weighted by Crippen LogP contribution is 2.02. The molecule has 5 heteroatoms. The molecule has 0 saturated carbocycles. The first-order chi connectivity index (χ1) is 5.27. The number of thiol groups is 1. The average Bonchev–Trinajstić information content (AvgIpc) is 1.96. The first-order valence-electron chi connectivity index (χ1n) is 3.49. The molecule has 0 aromatic carbocycles. The molecular formula is C6H13NO2S2. The maximum absolute atomic E-state index is 9.94. The van der Waals surface area contributed by atoms with Crippen LogP contribution in [-0.4, -0.2) is 22.7 Å². The summed E-state index contributed by atoms with van der Waals surface area (Å²) >= 11 is 5.30. The van der Waals surface area contributed by atoms with Crippen molar-refractivity contribution >= 4 is 30.7 Å². The molecule has 3 nitrogen and oxygen atoms in total. The zero-order valence-electron chi connectivity index (χ0n) is 6.25. The standard InChI is InChI=1S/C6H13NO2S2/c8-6(9)7-11-5-3-1-2-4-10/h7,10H,1-5H2,(H,8,9). The van der Waals surface area contributed by atoms with Gasteiger partial charge in [0.2, 0.25) is 0 Å². The summed E-state index contributed by atoms with van der Waals surface area (Å²) in [5.74, 6) is 1.76. The van der Waals surface area contributed by atoms with Crippen LogP contribution < -0.4 is 4.72 Å². The van der Waals surface area contributed by atoms with Gasteiger partial charge in [-0.25, -0.2) is 4.79 Å². The Morgan fingerprint density at radius 2 is 2.18 bits per heavy atom. The minimum atomic E-state index is -0.968. The van der Waals surface area contributed by atoms with Crippen molar-refractivity contribution in [2.45, 2.75) is 19.3 Å². The molecule has 2 N–H and O–H groups in total. The third-order valence-electron chi connectivity index (χ3n) is 1.06. The van der Waals surface area contributed by atoms with Crippen LogP contribution >= 0.6 is 24.6 Å². The number of unbranched alkanes of at least 4 members (excludes halogenated alkanes) is 2. The first kappa shape index (κ1) is 11.0. The SMILES string of the molecule is O=C(O)NSCCCCCS. The highest BCUT2D eigenvalue weighted by Gasteiger charge is 1.93. The van der Waals surface area contributed by atoms with Crippen LogP contribution in [0.1, 0.15) is 19.3 Å². The summed E-state index contributed by atoms with van der Waals surface area (Å²) in [7, 11) is 0. The smallest absolute Gasteiger partial charge is 0.414 e. The topological polar surface area (TPSA) is 49.3 Å². The van der Waals surface area contributed by atoms with Crippen molar-refractivity contribution in [3.63, 3.8) is 0 Å². The van der Waals surface area contributed by atoms with Gasteiger partial charge in [-0.2, -0.15) is 12.6 Å². The van der Waals surface area contributed by atoms with E-state index in [9.17, 15) is 4.79 Å². The molecule has 0 aromatic heterocycles. The van der Waals surface area contributed by atoms with E-state index in [2.05, 4.69) is 17.4 Å². The van der Waals surface area contributed by atoms with Crippen LogP contribution in [0.2, 0.25) is 0 Å². The van der Waals surface area contributed by atoms with Crippen LogP contribution in [0.15, 0.2) is 0 Å². The van der Waals surface area contributed by atoms with Crippen LogP contribution in [0, 0.1) is 0 Å². The van der Waals surface area contributed by atoms with E-state index in [-0.39, 0.29) is 0 Å². The predicted molar refractivity (Wildman–Crippen MR) is 51.3 cm³/mol. The number of hydrogen-bond donors (Lipinski definition) is 3. The fourth-order valence-electron chi connectivity index (χ4n) is 0.576. The summed E-state index contributed by atoms with van der Waals surface area (Å²) < 4.78 is 2.24. The summed E-state index contributed by atoms with van der Waals surface area (Å²) in [5.41, 5.74) is 0. The second-order valence-electron chi connectivity index (χ2n) is 2.04. The average molecular weight is 195 g/mol. The van der Waals surface area contributed by atoms with Crippen molar-refractivity contribution in [1.29, 1.82) is 0 Å². The molecule has 0 fully saturated rings. The van der Waals surface area contributed by atoms with E-state index >= 15 is 0 Å². The Morgan fingerprint density at radius 3 is 2.73 bits per heavy atom. The Balaban J connectivity index is 2.85. The van der Waals surface area contributed by atoms with Crippen LogP contribution in [0.25, 0.3) is 0 Å². The van der Waals surface area contributed by atoms with Crippen molar-refractivity contribution in [3.05, 3.63) is 0 Å². The second-order valence-corrected chi connectivity index (χ2v) is 3.39. The number of amides is 1. The Kier molecular flexibility index (Phi) is 8.05. The molecule has 0 aliphatic carbocycles. The molecule has 0 aliphatic heterocycles. The molecule has 0 rings (SSSR count). The second kappa shape index (κ2) is 8.07. The van der Waals surface area contributed by atoms with Gasteiger partial charge in [0.1, 0.15) is 0 Å². The maximum atomic E-state index is 9.94. The Morgan fingerprint density at radius 1 is 1.45 bits per heavy atom. The van der Waals surface area contributed by atoms with Crippen molar-refractivity contribution in [3.8, 4) is 0 Å². The molecule has 1 amide bonds. The number of hydrogen-bond acceptors (Lipinski definition) is 3. The Labute approximate surface area is 76.5 Å². The molecule has 0 atom stereocenters. The van der Waals surface area contributed by atoms with Crippen molar-refractivity contribution < 1.29 is 9.90 Å². The molecule has 0 heterocycles. The number of carboxylic acid groups (broad SMARTS) is 1. The molecule has 0 unspecified atom stereocenters. The molecule has 11 heavy (non-hydrogen) atoms. The van der Waals surface area contributed by atoms with Crippen LogP contribution in [0.5, 0.6) is 0 Å². The van der Waals surface area contributed by atoms with Gasteiger partial charge < -0.3 is 5.11 Å².